The summed E-state index contributed by atoms with van der Waals surface area (Å²) in [5.41, 5.74) is 7.00. The summed E-state index contributed by atoms with van der Waals surface area (Å²) in [6.07, 6.45) is 5.87. The highest BCUT2D eigenvalue weighted by Gasteiger charge is 2.22. The van der Waals surface area contributed by atoms with Gasteiger partial charge < -0.3 is 10.5 Å². The van der Waals surface area contributed by atoms with Gasteiger partial charge >= 0.3 is 0 Å². The maximum atomic E-state index is 5.86. The molecule has 0 amide bonds. The predicted octanol–water partition coefficient (Wildman–Crippen LogP) is 0.599. The first-order chi connectivity index (χ1) is 6.25. The molecule has 1 saturated heterocycles. The Labute approximate surface area is 77.7 Å². The third kappa shape index (κ3) is 1.89. The molecular weight excluding hydrogens is 166 g/mol. The summed E-state index contributed by atoms with van der Waals surface area (Å²) in [7, 11) is 1.91. The van der Waals surface area contributed by atoms with Crippen LogP contribution in [0.15, 0.2) is 12.4 Å². The van der Waals surface area contributed by atoms with Crippen LogP contribution >= 0.6 is 0 Å². The van der Waals surface area contributed by atoms with Crippen LogP contribution in [-0.2, 0) is 11.8 Å². The van der Waals surface area contributed by atoms with Gasteiger partial charge in [-0.3, -0.25) is 4.68 Å². The minimum atomic E-state index is 0.150. The standard InChI is InChI=1S/C9H15N3O/c1-12-6-7(5-11-12)9-4-8(10)2-3-13-9/h5-6,8-9H,2-4,10H2,1H3/t8-,9+/m1/s1. The van der Waals surface area contributed by atoms with Gasteiger partial charge in [0.15, 0.2) is 0 Å². The van der Waals surface area contributed by atoms with E-state index in [0.717, 1.165) is 25.0 Å². The summed E-state index contributed by atoms with van der Waals surface area (Å²) in [5.74, 6) is 0. The molecule has 0 spiro atoms. The van der Waals surface area contributed by atoms with Gasteiger partial charge in [0.25, 0.3) is 0 Å². The van der Waals surface area contributed by atoms with E-state index < -0.39 is 0 Å². The van der Waals surface area contributed by atoms with Crippen LogP contribution < -0.4 is 5.73 Å². The number of nitrogens with zero attached hydrogens (tertiary/aromatic N) is 2. The lowest BCUT2D eigenvalue weighted by Gasteiger charge is -2.26. The number of nitrogens with two attached hydrogens (primary N) is 1. The summed E-state index contributed by atoms with van der Waals surface area (Å²) in [6, 6.07) is 0.277. The zero-order chi connectivity index (χ0) is 9.26. The molecule has 1 aliphatic heterocycles. The van der Waals surface area contributed by atoms with Crippen molar-refractivity contribution in [2.45, 2.75) is 25.0 Å². The second-order valence-electron chi connectivity index (χ2n) is 3.59. The molecule has 0 radical (unpaired) electrons. The molecule has 4 nitrogen and oxygen atoms in total. The lowest BCUT2D eigenvalue weighted by molar-refractivity contribution is 0.00664. The van der Waals surface area contributed by atoms with E-state index in [4.69, 9.17) is 10.5 Å². The van der Waals surface area contributed by atoms with Crippen LogP contribution in [0.5, 0.6) is 0 Å². The molecule has 13 heavy (non-hydrogen) atoms. The van der Waals surface area contributed by atoms with Crippen molar-refractivity contribution in [2.75, 3.05) is 6.61 Å². The van der Waals surface area contributed by atoms with Crippen LogP contribution in [0.4, 0.5) is 0 Å². The van der Waals surface area contributed by atoms with E-state index in [1.165, 1.54) is 0 Å². The quantitative estimate of drug-likeness (QED) is 0.690. The molecule has 0 unspecified atom stereocenters. The molecule has 1 aromatic rings. The van der Waals surface area contributed by atoms with Crippen molar-refractivity contribution in [1.29, 1.82) is 0 Å². The van der Waals surface area contributed by atoms with Gasteiger partial charge in [-0.2, -0.15) is 5.10 Å². The lowest BCUT2D eigenvalue weighted by atomic mass is 10.0. The van der Waals surface area contributed by atoms with Crippen molar-refractivity contribution in [2.24, 2.45) is 12.8 Å². The third-order valence-corrected chi connectivity index (χ3v) is 2.42. The molecule has 2 atom stereocenters. The largest absolute Gasteiger partial charge is 0.373 e. The fourth-order valence-electron chi connectivity index (χ4n) is 1.66. The van der Waals surface area contributed by atoms with E-state index in [0.29, 0.717) is 0 Å². The zero-order valence-electron chi connectivity index (χ0n) is 7.81. The van der Waals surface area contributed by atoms with Gasteiger partial charge in [-0.1, -0.05) is 0 Å². The van der Waals surface area contributed by atoms with Gasteiger partial charge in [0.2, 0.25) is 0 Å². The van der Waals surface area contributed by atoms with Gasteiger partial charge in [0, 0.05) is 31.5 Å². The molecule has 1 aliphatic rings. The van der Waals surface area contributed by atoms with E-state index in [9.17, 15) is 0 Å². The predicted molar refractivity (Wildman–Crippen MR) is 49.1 cm³/mol. The van der Waals surface area contributed by atoms with Crippen LogP contribution in [0.25, 0.3) is 0 Å². The van der Waals surface area contributed by atoms with Crippen LogP contribution in [0.2, 0.25) is 0 Å². The maximum absolute atomic E-state index is 5.86. The molecule has 2 N–H and O–H groups in total. The van der Waals surface area contributed by atoms with Crippen LogP contribution in [0, 0.1) is 0 Å². The number of aryl methyl sites for hydroxylation is 1. The Hall–Kier alpha value is -0.870. The van der Waals surface area contributed by atoms with E-state index in [1.54, 1.807) is 4.68 Å². The Kier molecular flexibility index (Phi) is 2.33. The molecule has 0 aliphatic carbocycles. The van der Waals surface area contributed by atoms with Crippen molar-refractivity contribution in [3.63, 3.8) is 0 Å². The van der Waals surface area contributed by atoms with Gasteiger partial charge in [-0.25, -0.2) is 0 Å². The fraction of sp³-hybridized carbons (Fsp3) is 0.667. The molecule has 0 aromatic carbocycles. The Morgan fingerprint density at radius 1 is 1.69 bits per heavy atom. The van der Waals surface area contributed by atoms with Crippen molar-refractivity contribution in [1.82, 2.24) is 9.78 Å². The van der Waals surface area contributed by atoms with Gasteiger partial charge in [0.1, 0.15) is 0 Å². The Morgan fingerprint density at radius 3 is 3.15 bits per heavy atom. The molecule has 0 bridgehead atoms. The molecule has 4 heteroatoms. The first-order valence-electron chi connectivity index (χ1n) is 4.61. The average Bonchev–Trinajstić information content (AvgIpc) is 2.52. The summed E-state index contributed by atoms with van der Waals surface area (Å²) in [4.78, 5) is 0. The second-order valence-corrected chi connectivity index (χ2v) is 3.59. The van der Waals surface area contributed by atoms with Gasteiger partial charge in [-0.05, 0) is 12.8 Å². The van der Waals surface area contributed by atoms with E-state index in [-0.39, 0.29) is 12.1 Å². The number of hydrogen-bond acceptors (Lipinski definition) is 3. The molecule has 0 saturated carbocycles. The minimum absolute atomic E-state index is 0.150. The van der Waals surface area contributed by atoms with Gasteiger partial charge in [0.05, 0.1) is 12.3 Å². The van der Waals surface area contributed by atoms with Crippen molar-refractivity contribution in [3.8, 4) is 0 Å². The normalized spacial score (nSPS) is 29.1. The lowest BCUT2D eigenvalue weighted by Crippen LogP contribution is -2.30. The molecule has 2 heterocycles. The first-order valence-corrected chi connectivity index (χ1v) is 4.61. The highest BCUT2D eigenvalue weighted by molar-refractivity contribution is 5.09. The van der Waals surface area contributed by atoms with E-state index >= 15 is 0 Å². The molecular formula is C9H15N3O. The Morgan fingerprint density at radius 2 is 2.54 bits per heavy atom. The minimum Gasteiger partial charge on any atom is -0.373 e. The third-order valence-electron chi connectivity index (χ3n) is 2.42. The highest BCUT2D eigenvalue weighted by Crippen LogP contribution is 2.26. The number of rotatable bonds is 1. The zero-order valence-corrected chi connectivity index (χ0v) is 7.81. The fourth-order valence-corrected chi connectivity index (χ4v) is 1.66. The summed E-state index contributed by atoms with van der Waals surface area (Å²) in [6.45, 7) is 0.765. The summed E-state index contributed by atoms with van der Waals surface area (Å²) < 4.78 is 7.40. The molecule has 1 fully saturated rings. The van der Waals surface area contributed by atoms with Crippen molar-refractivity contribution in [3.05, 3.63) is 18.0 Å². The van der Waals surface area contributed by atoms with Crippen molar-refractivity contribution >= 4 is 0 Å². The monoisotopic (exact) mass is 181 g/mol. The van der Waals surface area contributed by atoms with Gasteiger partial charge in [-0.15, -0.1) is 0 Å². The van der Waals surface area contributed by atoms with Crippen LogP contribution in [0.1, 0.15) is 24.5 Å². The van der Waals surface area contributed by atoms with Crippen molar-refractivity contribution < 1.29 is 4.74 Å². The second kappa shape index (κ2) is 3.47. The number of hydrogen-bond donors (Lipinski definition) is 1. The van der Waals surface area contributed by atoms with E-state index in [2.05, 4.69) is 5.10 Å². The molecule has 2 rings (SSSR count). The smallest absolute Gasteiger partial charge is 0.0870 e. The van der Waals surface area contributed by atoms with E-state index in [1.807, 2.05) is 19.4 Å². The Bertz CT molecular complexity index is 284. The molecule has 1 aromatic heterocycles. The Balaban J connectivity index is 2.08. The summed E-state index contributed by atoms with van der Waals surface area (Å²) in [5, 5.41) is 4.11. The number of aromatic nitrogens is 2. The first kappa shape index (κ1) is 8.72. The average molecular weight is 181 g/mol. The SMILES string of the molecule is Cn1cc([C@@H]2C[C@H](N)CCO2)cn1. The maximum Gasteiger partial charge on any atom is 0.0870 e. The highest BCUT2D eigenvalue weighted by atomic mass is 16.5. The number of ether oxygens (including phenoxy) is 1. The molecule has 72 valence electrons. The van der Waals surface area contributed by atoms with Crippen LogP contribution in [0.3, 0.4) is 0 Å². The van der Waals surface area contributed by atoms with Crippen LogP contribution in [-0.4, -0.2) is 22.4 Å². The topological polar surface area (TPSA) is 53.1 Å². The summed E-state index contributed by atoms with van der Waals surface area (Å²) >= 11 is 0.